The molecule has 0 unspecified atom stereocenters. The predicted molar refractivity (Wildman–Crippen MR) is 103 cm³/mol. The van der Waals surface area contributed by atoms with E-state index in [1.165, 1.54) is 0 Å². The van der Waals surface area contributed by atoms with Gasteiger partial charge in [-0.1, -0.05) is 33.6 Å². The SMILES string of the molecule is COc1ccc(Br)cc1CN1CCN(C(=O)c2cccc(Cl)c2)CC1. The summed E-state index contributed by atoms with van der Waals surface area (Å²) in [4.78, 5) is 16.8. The maximum atomic E-state index is 12.6. The number of ether oxygens (including phenoxy) is 1. The van der Waals surface area contributed by atoms with Crippen LogP contribution in [0.5, 0.6) is 5.75 Å². The molecule has 0 atom stereocenters. The number of halogens is 2. The molecule has 1 aliphatic heterocycles. The normalized spacial score (nSPS) is 15.2. The number of hydrogen-bond acceptors (Lipinski definition) is 3. The molecule has 0 spiro atoms. The van der Waals surface area contributed by atoms with E-state index in [0.717, 1.165) is 35.4 Å². The van der Waals surface area contributed by atoms with Crippen LogP contribution in [0.2, 0.25) is 5.02 Å². The van der Waals surface area contributed by atoms with E-state index in [1.807, 2.05) is 29.2 Å². The second-order valence-corrected chi connectivity index (χ2v) is 7.39. The molecule has 2 aromatic carbocycles. The first-order chi connectivity index (χ1) is 12.1. The zero-order chi connectivity index (χ0) is 17.8. The zero-order valence-corrected chi connectivity index (χ0v) is 16.4. The predicted octanol–water partition coefficient (Wildman–Crippen LogP) is 4.07. The number of carbonyl (C=O) groups is 1. The zero-order valence-electron chi connectivity index (χ0n) is 14.0. The first-order valence-electron chi connectivity index (χ1n) is 8.16. The summed E-state index contributed by atoms with van der Waals surface area (Å²) in [6.07, 6.45) is 0. The van der Waals surface area contributed by atoms with Crippen molar-refractivity contribution < 1.29 is 9.53 Å². The maximum absolute atomic E-state index is 12.6. The van der Waals surface area contributed by atoms with Crippen LogP contribution in [0, 0.1) is 0 Å². The van der Waals surface area contributed by atoms with Gasteiger partial charge in [0.25, 0.3) is 5.91 Å². The summed E-state index contributed by atoms with van der Waals surface area (Å²) >= 11 is 9.50. The number of rotatable bonds is 4. The molecule has 0 aliphatic carbocycles. The molecule has 1 saturated heterocycles. The number of carbonyl (C=O) groups excluding carboxylic acids is 1. The summed E-state index contributed by atoms with van der Waals surface area (Å²) in [6, 6.07) is 13.2. The molecule has 0 radical (unpaired) electrons. The lowest BCUT2D eigenvalue weighted by atomic mass is 10.1. The minimum atomic E-state index is 0.0437. The van der Waals surface area contributed by atoms with Gasteiger partial charge in [0, 0.05) is 53.3 Å². The Morgan fingerprint density at radius 1 is 1.16 bits per heavy atom. The fourth-order valence-corrected chi connectivity index (χ4v) is 3.62. The number of methoxy groups -OCH3 is 1. The Balaban J connectivity index is 1.61. The van der Waals surface area contributed by atoms with Crippen LogP contribution in [0.15, 0.2) is 46.9 Å². The van der Waals surface area contributed by atoms with Crippen molar-refractivity contribution in [3.8, 4) is 5.75 Å². The summed E-state index contributed by atoms with van der Waals surface area (Å²) in [5, 5.41) is 0.589. The molecule has 3 rings (SSSR count). The molecular weight excluding hydrogens is 404 g/mol. The van der Waals surface area contributed by atoms with Gasteiger partial charge < -0.3 is 9.64 Å². The van der Waals surface area contributed by atoms with Gasteiger partial charge in [0.15, 0.2) is 0 Å². The molecule has 1 fully saturated rings. The van der Waals surface area contributed by atoms with Crippen molar-refractivity contribution in [1.82, 2.24) is 9.80 Å². The number of amides is 1. The third kappa shape index (κ3) is 4.54. The highest BCUT2D eigenvalue weighted by atomic mass is 79.9. The van der Waals surface area contributed by atoms with Gasteiger partial charge in [0.05, 0.1) is 7.11 Å². The molecular formula is C19H20BrClN2O2. The molecule has 132 valence electrons. The Labute approximate surface area is 161 Å². The summed E-state index contributed by atoms with van der Waals surface area (Å²) in [5.74, 6) is 0.933. The number of nitrogens with zero attached hydrogens (tertiary/aromatic N) is 2. The van der Waals surface area contributed by atoms with Crippen molar-refractivity contribution in [1.29, 1.82) is 0 Å². The molecule has 1 heterocycles. The number of hydrogen-bond donors (Lipinski definition) is 0. The molecule has 1 amide bonds. The van der Waals surface area contributed by atoms with Gasteiger partial charge in [0.2, 0.25) is 0 Å². The van der Waals surface area contributed by atoms with Crippen LogP contribution in [0.1, 0.15) is 15.9 Å². The third-order valence-corrected chi connectivity index (χ3v) is 5.10. The fraction of sp³-hybridized carbons (Fsp3) is 0.316. The molecule has 0 aromatic heterocycles. The Hall–Kier alpha value is -1.56. The van der Waals surface area contributed by atoms with Crippen molar-refractivity contribution in [3.05, 3.63) is 63.1 Å². The van der Waals surface area contributed by atoms with E-state index >= 15 is 0 Å². The van der Waals surface area contributed by atoms with Crippen LogP contribution in [0.4, 0.5) is 0 Å². The van der Waals surface area contributed by atoms with Crippen LogP contribution in [-0.2, 0) is 6.54 Å². The van der Waals surface area contributed by atoms with Gasteiger partial charge in [0.1, 0.15) is 5.75 Å². The summed E-state index contributed by atoms with van der Waals surface area (Å²) in [6.45, 7) is 3.90. The Morgan fingerprint density at radius 3 is 2.60 bits per heavy atom. The van der Waals surface area contributed by atoms with E-state index < -0.39 is 0 Å². The van der Waals surface area contributed by atoms with Gasteiger partial charge >= 0.3 is 0 Å². The van der Waals surface area contributed by atoms with Crippen LogP contribution in [0.25, 0.3) is 0 Å². The van der Waals surface area contributed by atoms with E-state index in [-0.39, 0.29) is 5.91 Å². The van der Waals surface area contributed by atoms with Crippen molar-refractivity contribution in [3.63, 3.8) is 0 Å². The van der Waals surface area contributed by atoms with Crippen molar-refractivity contribution >= 4 is 33.4 Å². The Kier molecular flexibility index (Phi) is 5.99. The minimum Gasteiger partial charge on any atom is -0.496 e. The molecule has 4 nitrogen and oxygen atoms in total. The summed E-state index contributed by atoms with van der Waals surface area (Å²) in [7, 11) is 1.69. The molecule has 6 heteroatoms. The van der Waals surface area contributed by atoms with Crippen LogP contribution >= 0.6 is 27.5 Å². The highest BCUT2D eigenvalue weighted by molar-refractivity contribution is 9.10. The van der Waals surface area contributed by atoms with Crippen LogP contribution in [0.3, 0.4) is 0 Å². The van der Waals surface area contributed by atoms with Gasteiger partial charge in [-0.15, -0.1) is 0 Å². The largest absolute Gasteiger partial charge is 0.496 e. The van der Waals surface area contributed by atoms with Crippen molar-refractivity contribution in [2.24, 2.45) is 0 Å². The first kappa shape index (κ1) is 18.2. The molecule has 2 aromatic rings. The molecule has 1 aliphatic rings. The highest BCUT2D eigenvalue weighted by Crippen LogP contribution is 2.25. The lowest BCUT2D eigenvalue weighted by Crippen LogP contribution is -2.48. The fourth-order valence-electron chi connectivity index (χ4n) is 3.02. The first-order valence-corrected chi connectivity index (χ1v) is 9.33. The van der Waals surface area contributed by atoms with Gasteiger partial charge in [-0.05, 0) is 36.4 Å². The number of piperazine rings is 1. The van der Waals surface area contributed by atoms with Gasteiger partial charge in [-0.2, -0.15) is 0 Å². The third-order valence-electron chi connectivity index (χ3n) is 4.37. The monoisotopic (exact) mass is 422 g/mol. The molecule has 25 heavy (non-hydrogen) atoms. The Bertz CT molecular complexity index is 761. The van der Waals surface area contributed by atoms with E-state index in [0.29, 0.717) is 23.7 Å². The van der Waals surface area contributed by atoms with E-state index in [2.05, 4.69) is 26.9 Å². The topological polar surface area (TPSA) is 32.8 Å². The van der Waals surface area contributed by atoms with Crippen molar-refractivity contribution in [2.75, 3.05) is 33.3 Å². The van der Waals surface area contributed by atoms with Crippen molar-refractivity contribution in [2.45, 2.75) is 6.54 Å². The molecule has 0 bridgehead atoms. The molecule has 0 saturated carbocycles. The average Bonchev–Trinajstić information content (AvgIpc) is 2.62. The number of benzene rings is 2. The van der Waals surface area contributed by atoms with E-state index in [1.54, 1.807) is 19.2 Å². The van der Waals surface area contributed by atoms with Crippen LogP contribution < -0.4 is 4.74 Å². The van der Waals surface area contributed by atoms with Gasteiger partial charge in [-0.3, -0.25) is 9.69 Å². The Morgan fingerprint density at radius 2 is 1.92 bits per heavy atom. The second-order valence-electron chi connectivity index (χ2n) is 6.03. The summed E-state index contributed by atoms with van der Waals surface area (Å²) in [5.41, 5.74) is 1.79. The van der Waals surface area contributed by atoms with E-state index in [4.69, 9.17) is 16.3 Å². The maximum Gasteiger partial charge on any atom is 0.253 e. The standard InChI is InChI=1S/C19H20BrClN2O2/c1-25-18-6-5-16(20)11-15(18)13-22-7-9-23(10-8-22)19(24)14-3-2-4-17(21)12-14/h2-6,11-12H,7-10,13H2,1H3. The van der Waals surface area contributed by atoms with Crippen LogP contribution in [-0.4, -0.2) is 49.0 Å². The average molecular weight is 424 g/mol. The lowest BCUT2D eigenvalue weighted by molar-refractivity contribution is 0.0627. The lowest BCUT2D eigenvalue weighted by Gasteiger charge is -2.35. The quantitative estimate of drug-likeness (QED) is 0.743. The second kappa shape index (κ2) is 8.21. The minimum absolute atomic E-state index is 0.0437. The highest BCUT2D eigenvalue weighted by Gasteiger charge is 2.23. The molecule has 0 N–H and O–H groups in total. The van der Waals surface area contributed by atoms with E-state index in [9.17, 15) is 4.79 Å². The van der Waals surface area contributed by atoms with Gasteiger partial charge in [-0.25, -0.2) is 0 Å². The summed E-state index contributed by atoms with van der Waals surface area (Å²) < 4.78 is 6.49. The smallest absolute Gasteiger partial charge is 0.253 e.